The number of fused-ring (bicyclic) bond motifs is 1. The van der Waals surface area contributed by atoms with Crippen molar-refractivity contribution >= 4 is 22.6 Å². The topological polar surface area (TPSA) is 22.4 Å². The molecule has 0 amide bonds. The summed E-state index contributed by atoms with van der Waals surface area (Å²) in [6, 6.07) is 10.3. The molecule has 1 aliphatic rings. The molecule has 17 heavy (non-hydrogen) atoms. The Kier molecular flexibility index (Phi) is 2.96. The smallest absolute Gasteiger partial charge is 0.147 e. The van der Waals surface area contributed by atoms with E-state index < -0.39 is 0 Å². The van der Waals surface area contributed by atoms with E-state index in [0.717, 1.165) is 29.9 Å². The molecule has 3 rings (SSSR count). The van der Waals surface area contributed by atoms with Gasteiger partial charge in [-0.3, -0.25) is 0 Å². The molecule has 1 aliphatic carbocycles. The zero-order valence-electron chi connectivity index (χ0n) is 9.57. The molecule has 1 atom stereocenters. The van der Waals surface area contributed by atoms with Crippen LogP contribution >= 0.6 is 22.6 Å². The van der Waals surface area contributed by atoms with Crippen LogP contribution in [0, 0.1) is 3.57 Å². The van der Waals surface area contributed by atoms with Crippen LogP contribution < -0.4 is 0 Å². The monoisotopic (exact) mass is 340 g/mol. The van der Waals surface area contributed by atoms with Crippen LogP contribution in [0.1, 0.15) is 23.8 Å². The predicted molar refractivity (Wildman–Crippen MR) is 74.9 cm³/mol. The van der Waals surface area contributed by atoms with Crippen molar-refractivity contribution in [3.05, 3.63) is 45.2 Å². The van der Waals surface area contributed by atoms with Crippen LogP contribution in [-0.4, -0.2) is 7.11 Å². The first-order valence-corrected chi connectivity index (χ1v) is 6.78. The number of hydrogen-bond donors (Lipinski definition) is 0. The lowest BCUT2D eigenvalue weighted by Gasteiger charge is -2.07. The minimum Gasteiger partial charge on any atom is -0.460 e. The standard InChI is InChI=1S/C14H13IO2/c1-16-10-7-8-11-12(10)13(15)14(17-11)9-5-3-2-4-6-9/h2-6,10H,7-8H2,1H3/t10-/m1/s1. The first-order valence-electron chi connectivity index (χ1n) is 5.70. The van der Waals surface area contributed by atoms with Crippen LogP contribution in [-0.2, 0) is 11.2 Å². The molecular weight excluding hydrogens is 327 g/mol. The zero-order chi connectivity index (χ0) is 11.8. The first-order chi connectivity index (χ1) is 8.31. The van der Waals surface area contributed by atoms with Gasteiger partial charge in [0.15, 0.2) is 0 Å². The van der Waals surface area contributed by atoms with Crippen LogP contribution in [0.4, 0.5) is 0 Å². The van der Waals surface area contributed by atoms with E-state index in [1.165, 1.54) is 9.13 Å². The van der Waals surface area contributed by atoms with Crippen LogP contribution in [0.15, 0.2) is 34.7 Å². The third kappa shape index (κ3) is 1.81. The van der Waals surface area contributed by atoms with Crippen LogP contribution in [0.5, 0.6) is 0 Å². The summed E-state index contributed by atoms with van der Waals surface area (Å²) in [5.41, 5.74) is 2.40. The zero-order valence-corrected chi connectivity index (χ0v) is 11.7. The van der Waals surface area contributed by atoms with E-state index >= 15 is 0 Å². The van der Waals surface area contributed by atoms with Gasteiger partial charge in [0, 0.05) is 24.7 Å². The Bertz CT molecular complexity index is 531. The van der Waals surface area contributed by atoms with Gasteiger partial charge in [-0.2, -0.15) is 0 Å². The van der Waals surface area contributed by atoms with Gasteiger partial charge in [-0.05, 0) is 29.0 Å². The summed E-state index contributed by atoms with van der Waals surface area (Å²) in [5.74, 6) is 2.08. The summed E-state index contributed by atoms with van der Waals surface area (Å²) in [6.45, 7) is 0. The highest BCUT2D eigenvalue weighted by Gasteiger charge is 2.31. The molecule has 0 aliphatic heterocycles. The summed E-state index contributed by atoms with van der Waals surface area (Å²) in [5, 5.41) is 0. The molecule has 0 unspecified atom stereocenters. The van der Waals surface area contributed by atoms with Gasteiger partial charge in [-0.15, -0.1) is 0 Å². The predicted octanol–water partition coefficient (Wildman–Crippen LogP) is 4.18. The highest BCUT2D eigenvalue weighted by molar-refractivity contribution is 14.1. The van der Waals surface area contributed by atoms with Crippen molar-refractivity contribution in [1.29, 1.82) is 0 Å². The second-order valence-electron chi connectivity index (χ2n) is 4.21. The number of aryl methyl sites for hydroxylation is 1. The lowest BCUT2D eigenvalue weighted by atomic mass is 10.1. The minimum absolute atomic E-state index is 0.207. The van der Waals surface area contributed by atoms with E-state index in [-0.39, 0.29) is 6.10 Å². The van der Waals surface area contributed by atoms with E-state index in [9.17, 15) is 0 Å². The molecule has 1 heterocycles. The number of ether oxygens (including phenoxy) is 1. The fraction of sp³-hybridized carbons (Fsp3) is 0.286. The van der Waals surface area contributed by atoms with Gasteiger partial charge in [0.1, 0.15) is 11.5 Å². The molecular formula is C14H13IO2. The quantitative estimate of drug-likeness (QED) is 0.765. The van der Waals surface area contributed by atoms with E-state index in [4.69, 9.17) is 9.15 Å². The van der Waals surface area contributed by atoms with Crippen molar-refractivity contribution in [1.82, 2.24) is 0 Å². The molecule has 0 bridgehead atoms. The van der Waals surface area contributed by atoms with Crippen molar-refractivity contribution < 1.29 is 9.15 Å². The third-order valence-corrected chi connectivity index (χ3v) is 4.31. The molecule has 2 aromatic rings. The number of benzene rings is 1. The lowest BCUT2D eigenvalue weighted by molar-refractivity contribution is 0.104. The van der Waals surface area contributed by atoms with Gasteiger partial charge in [0.25, 0.3) is 0 Å². The summed E-state index contributed by atoms with van der Waals surface area (Å²) in [4.78, 5) is 0. The van der Waals surface area contributed by atoms with E-state index in [2.05, 4.69) is 34.7 Å². The Hall–Kier alpha value is -0.810. The highest BCUT2D eigenvalue weighted by atomic mass is 127. The van der Waals surface area contributed by atoms with Crippen LogP contribution in [0.2, 0.25) is 0 Å². The average Bonchev–Trinajstić information content (AvgIpc) is 2.91. The van der Waals surface area contributed by atoms with Crippen LogP contribution in [0.3, 0.4) is 0 Å². The molecule has 0 fully saturated rings. The number of furan rings is 1. The first kappa shape index (κ1) is 11.3. The van der Waals surface area contributed by atoms with Crippen LogP contribution in [0.25, 0.3) is 11.3 Å². The Balaban J connectivity index is 2.10. The Morgan fingerprint density at radius 3 is 2.76 bits per heavy atom. The molecule has 0 N–H and O–H groups in total. The van der Waals surface area contributed by atoms with Crippen molar-refractivity contribution in [2.75, 3.05) is 7.11 Å². The fourth-order valence-corrected chi connectivity index (χ4v) is 3.46. The minimum atomic E-state index is 0.207. The molecule has 0 saturated carbocycles. The van der Waals surface area contributed by atoms with Crippen molar-refractivity contribution in [2.24, 2.45) is 0 Å². The number of rotatable bonds is 2. The molecule has 0 saturated heterocycles. The van der Waals surface area contributed by atoms with Gasteiger partial charge in [-0.1, -0.05) is 30.3 Å². The summed E-state index contributed by atoms with van der Waals surface area (Å²) < 4.78 is 12.7. The normalized spacial score (nSPS) is 18.4. The number of halogens is 1. The molecule has 1 aromatic heterocycles. The van der Waals surface area contributed by atoms with Gasteiger partial charge in [-0.25, -0.2) is 0 Å². The Morgan fingerprint density at radius 1 is 1.29 bits per heavy atom. The van der Waals surface area contributed by atoms with Crippen molar-refractivity contribution in [3.8, 4) is 11.3 Å². The van der Waals surface area contributed by atoms with Gasteiger partial charge in [0.05, 0.1) is 9.67 Å². The van der Waals surface area contributed by atoms with E-state index in [1.54, 1.807) is 7.11 Å². The van der Waals surface area contributed by atoms with E-state index in [0.29, 0.717) is 0 Å². The molecule has 1 aromatic carbocycles. The Labute approximate surface area is 114 Å². The van der Waals surface area contributed by atoms with E-state index in [1.807, 2.05) is 18.2 Å². The maximum Gasteiger partial charge on any atom is 0.147 e. The van der Waals surface area contributed by atoms with Gasteiger partial charge in [0.2, 0.25) is 0 Å². The van der Waals surface area contributed by atoms with Gasteiger partial charge >= 0.3 is 0 Å². The maximum absolute atomic E-state index is 5.99. The average molecular weight is 340 g/mol. The van der Waals surface area contributed by atoms with Gasteiger partial charge < -0.3 is 9.15 Å². The number of hydrogen-bond acceptors (Lipinski definition) is 2. The summed E-state index contributed by atoms with van der Waals surface area (Å²) in [6.07, 6.45) is 2.23. The Morgan fingerprint density at radius 2 is 2.06 bits per heavy atom. The molecule has 0 radical (unpaired) electrons. The largest absolute Gasteiger partial charge is 0.460 e. The van der Waals surface area contributed by atoms with Crippen molar-refractivity contribution in [2.45, 2.75) is 18.9 Å². The molecule has 88 valence electrons. The maximum atomic E-state index is 5.99. The molecule has 2 nitrogen and oxygen atoms in total. The SMILES string of the molecule is CO[C@@H]1CCc2oc(-c3ccccc3)c(I)c21. The summed E-state index contributed by atoms with van der Waals surface area (Å²) in [7, 11) is 1.77. The highest BCUT2D eigenvalue weighted by Crippen LogP contribution is 2.43. The molecule has 0 spiro atoms. The lowest BCUT2D eigenvalue weighted by Crippen LogP contribution is -1.96. The third-order valence-electron chi connectivity index (χ3n) is 3.24. The van der Waals surface area contributed by atoms with Crippen molar-refractivity contribution in [3.63, 3.8) is 0 Å². The second-order valence-corrected chi connectivity index (χ2v) is 5.29. The number of methoxy groups -OCH3 is 1. The fourth-order valence-electron chi connectivity index (χ4n) is 2.39. The summed E-state index contributed by atoms with van der Waals surface area (Å²) >= 11 is 2.37. The molecule has 3 heteroatoms. The second kappa shape index (κ2) is 4.46.